The van der Waals surface area contributed by atoms with Gasteiger partial charge in [-0.3, -0.25) is 5.32 Å². The number of carbonyl (C=O) groups is 1. The molecule has 0 spiro atoms. The minimum Gasteiger partial charge on any atom is -0.410 e. The topological polar surface area (TPSA) is 38.3 Å². The molecule has 2 aromatic carbocycles. The molecule has 2 rings (SSSR count). The Labute approximate surface area is 126 Å². The third-order valence-corrected chi connectivity index (χ3v) is 3.26. The Morgan fingerprint density at radius 1 is 1.05 bits per heavy atom. The Bertz CT molecular complexity index is 627. The summed E-state index contributed by atoms with van der Waals surface area (Å²) in [7, 11) is 0. The molecule has 0 radical (unpaired) electrons. The highest BCUT2D eigenvalue weighted by atomic mass is 16.6. The first-order chi connectivity index (χ1) is 9.86. The van der Waals surface area contributed by atoms with Gasteiger partial charge in [-0.1, -0.05) is 51.1 Å². The Morgan fingerprint density at radius 3 is 2.29 bits per heavy atom. The molecule has 3 nitrogen and oxygen atoms in total. The van der Waals surface area contributed by atoms with Crippen LogP contribution in [0.4, 0.5) is 10.5 Å². The highest BCUT2D eigenvalue weighted by Crippen LogP contribution is 2.27. The predicted molar refractivity (Wildman–Crippen MR) is 86.0 cm³/mol. The maximum atomic E-state index is 11.9. The average molecular weight is 283 g/mol. The van der Waals surface area contributed by atoms with Gasteiger partial charge in [0.15, 0.2) is 0 Å². The highest BCUT2D eigenvalue weighted by molar-refractivity contribution is 5.86. The Balaban J connectivity index is 2.08. The molecule has 21 heavy (non-hydrogen) atoms. The van der Waals surface area contributed by atoms with Gasteiger partial charge in [-0.25, -0.2) is 4.79 Å². The summed E-state index contributed by atoms with van der Waals surface area (Å²) in [5.74, 6) is 0.580. The fraction of sp³-hybridized carbons (Fsp3) is 0.278. The lowest BCUT2D eigenvalue weighted by Gasteiger charge is -2.20. The van der Waals surface area contributed by atoms with Crippen LogP contribution in [0.3, 0.4) is 0 Å². The molecule has 0 aliphatic heterocycles. The van der Waals surface area contributed by atoms with Crippen LogP contribution in [-0.2, 0) is 5.41 Å². The first kappa shape index (κ1) is 15.1. The molecule has 0 saturated carbocycles. The number of para-hydroxylation sites is 1. The van der Waals surface area contributed by atoms with Gasteiger partial charge in [0.25, 0.3) is 0 Å². The zero-order valence-corrected chi connectivity index (χ0v) is 12.9. The van der Waals surface area contributed by atoms with Crippen molar-refractivity contribution in [1.29, 1.82) is 0 Å². The smallest absolute Gasteiger partial charge is 0.410 e. The van der Waals surface area contributed by atoms with E-state index in [9.17, 15) is 4.79 Å². The van der Waals surface area contributed by atoms with E-state index in [-0.39, 0.29) is 5.41 Å². The van der Waals surface area contributed by atoms with E-state index in [1.165, 1.54) is 5.56 Å². The molecule has 0 bridgehead atoms. The predicted octanol–water partition coefficient (Wildman–Crippen LogP) is 4.90. The first-order valence-electron chi connectivity index (χ1n) is 7.01. The molecule has 110 valence electrons. The number of rotatable bonds is 2. The molecule has 0 aliphatic rings. The number of anilines is 1. The maximum Gasteiger partial charge on any atom is 0.417 e. The number of nitrogens with one attached hydrogen (secondary N) is 1. The Kier molecular flexibility index (Phi) is 4.32. The zero-order chi connectivity index (χ0) is 15.5. The van der Waals surface area contributed by atoms with Crippen molar-refractivity contribution in [3.63, 3.8) is 0 Å². The molecule has 0 saturated heterocycles. The second-order valence-electron chi connectivity index (χ2n) is 6.11. The van der Waals surface area contributed by atoms with Crippen molar-refractivity contribution in [2.24, 2.45) is 0 Å². The minimum absolute atomic E-state index is 0.0790. The van der Waals surface area contributed by atoms with Crippen LogP contribution < -0.4 is 10.1 Å². The summed E-state index contributed by atoms with van der Waals surface area (Å²) in [6, 6.07) is 15.2. The van der Waals surface area contributed by atoms with Crippen LogP contribution in [0.1, 0.15) is 31.9 Å². The van der Waals surface area contributed by atoms with Crippen molar-refractivity contribution in [3.8, 4) is 5.75 Å². The molecular weight excluding hydrogens is 262 g/mol. The Morgan fingerprint density at radius 2 is 1.71 bits per heavy atom. The summed E-state index contributed by atoms with van der Waals surface area (Å²) in [6.07, 6.45) is -0.479. The van der Waals surface area contributed by atoms with Gasteiger partial charge in [-0.15, -0.1) is 0 Å². The zero-order valence-electron chi connectivity index (χ0n) is 12.9. The fourth-order valence-corrected chi connectivity index (χ4v) is 2.00. The van der Waals surface area contributed by atoms with E-state index in [0.29, 0.717) is 11.4 Å². The summed E-state index contributed by atoms with van der Waals surface area (Å²) in [5.41, 5.74) is 2.96. The van der Waals surface area contributed by atoms with E-state index < -0.39 is 6.09 Å². The van der Waals surface area contributed by atoms with E-state index in [2.05, 4.69) is 32.2 Å². The number of aryl methyl sites for hydroxylation is 1. The lowest BCUT2D eigenvalue weighted by molar-refractivity contribution is 0.215. The van der Waals surface area contributed by atoms with E-state index in [1.54, 1.807) is 0 Å². The molecule has 3 heteroatoms. The molecule has 0 aliphatic carbocycles. The van der Waals surface area contributed by atoms with Crippen LogP contribution in [0.5, 0.6) is 5.75 Å². The number of carbonyl (C=O) groups excluding carboxylic acids is 1. The average Bonchev–Trinajstić information content (AvgIpc) is 2.41. The van der Waals surface area contributed by atoms with Crippen LogP contribution in [0.25, 0.3) is 0 Å². The van der Waals surface area contributed by atoms with Crippen molar-refractivity contribution in [2.45, 2.75) is 33.1 Å². The quantitative estimate of drug-likeness (QED) is 0.851. The second-order valence-corrected chi connectivity index (χ2v) is 6.11. The number of hydrogen-bond donors (Lipinski definition) is 1. The van der Waals surface area contributed by atoms with Crippen molar-refractivity contribution >= 4 is 11.8 Å². The lowest BCUT2D eigenvalue weighted by Crippen LogP contribution is -2.17. The van der Waals surface area contributed by atoms with Crippen molar-refractivity contribution in [2.75, 3.05) is 5.32 Å². The van der Waals surface area contributed by atoms with Crippen LogP contribution in [0.2, 0.25) is 0 Å². The van der Waals surface area contributed by atoms with Gasteiger partial charge in [-0.05, 0) is 41.7 Å². The van der Waals surface area contributed by atoms with Gasteiger partial charge in [-0.2, -0.15) is 0 Å². The Hall–Kier alpha value is -2.29. The third-order valence-electron chi connectivity index (χ3n) is 3.26. The van der Waals surface area contributed by atoms with Crippen LogP contribution in [-0.4, -0.2) is 6.09 Å². The van der Waals surface area contributed by atoms with E-state index in [1.807, 2.05) is 49.4 Å². The van der Waals surface area contributed by atoms with Gasteiger partial charge >= 0.3 is 6.09 Å². The van der Waals surface area contributed by atoms with Gasteiger partial charge in [0.2, 0.25) is 0 Å². The summed E-state index contributed by atoms with van der Waals surface area (Å²) < 4.78 is 5.37. The molecule has 0 atom stereocenters. The van der Waals surface area contributed by atoms with Crippen LogP contribution >= 0.6 is 0 Å². The summed E-state index contributed by atoms with van der Waals surface area (Å²) >= 11 is 0. The third kappa shape index (κ3) is 4.09. The summed E-state index contributed by atoms with van der Waals surface area (Å²) in [6.45, 7) is 8.42. The molecule has 0 fully saturated rings. The SMILES string of the molecule is Cc1cc(C(C)(C)C)ccc1OC(=O)Nc1ccccc1. The first-order valence-corrected chi connectivity index (χ1v) is 7.01. The number of hydrogen-bond acceptors (Lipinski definition) is 2. The minimum atomic E-state index is -0.479. The van der Waals surface area contributed by atoms with Crippen molar-refractivity contribution < 1.29 is 9.53 Å². The molecular formula is C18H21NO2. The van der Waals surface area contributed by atoms with Gasteiger partial charge in [0.05, 0.1) is 0 Å². The van der Waals surface area contributed by atoms with Gasteiger partial charge < -0.3 is 4.74 Å². The van der Waals surface area contributed by atoms with Crippen molar-refractivity contribution in [1.82, 2.24) is 0 Å². The maximum absolute atomic E-state index is 11.9. The molecule has 2 aromatic rings. The lowest BCUT2D eigenvalue weighted by atomic mass is 9.86. The molecule has 1 amide bonds. The van der Waals surface area contributed by atoms with E-state index in [0.717, 1.165) is 5.56 Å². The molecule has 0 aromatic heterocycles. The number of benzene rings is 2. The largest absolute Gasteiger partial charge is 0.417 e. The molecule has 1 N–H and O–H groups in total. The van der Waals surface area contributed by atoms with Gasteiger partial charge in [0, 0.05) is 5.69 Å². The highest BCUT2D eigenvalue weighted by Gasteiger charge is 2.15. The normalized spacial score (nSPS) is 11.0. The monoisotopic (exact) mass is 283 g/mol. The van der Waals surface area contributed by atoms with Crippen LogP contribution in [0, 0.1) is 6.92 Å². The van der Waals surface area contributed by atoms with Gasteiger partial charge in [0.1, 0.15) is 5.75 Å². The summed E-state index contributed by atoms with van der Waals surface area (Å²) in [4.78, 5) is 11.9. The van der Waals surface area contributed by atoms with E-state index >= 15 is 0 Å². The second kappa shape index (κ2) is 6.00. The summed E-state index contributed by atoms with van der Waals surface area (Å²) in [5, 5.41) is 2.70. The van der Waals surface area contributed by atoms with Crippen LogP contribution in [0.15, 0.2) is 48.5 Å². The number of amides is 1. The standard InChI is InChI=1S/C18H21NO2/c1-13-12-14(18(2,3)4)10-11-16(13)21-17(20)19-15-8-6-5-7-9-15/h5-12H,1-4H3,(H,19,20). The fourth-order valence-electron chi connectivity index (χ4n) is 2.00. The van der Waals surface area contributed by atoms with Crippen molar-refractivity contribution in [3.05, 3.63) is 59.7 Å². The number of ether oxygens (including phenoxy) is 1. The molecule has 0 heterocycles. The molecule has 0 unspecified atom stereocenters. The van der Waals surface area contributed by atoms with E-state index in [4.69, 9.17) is 4.74 Å².